The van der Waals surface area contributed by atoms with Crippen molar-refractivity contribution in [3.05, 3.63) is 29.6 Å². The van der Waals surface area contributed by atoms with Gasteiger partial charge in [0.05, 0.1) is 5.56 Å². The minimum Gasteiger partial charge on any atom is -0.508 e. The maximum absolute atomic E-state index is 13.5. The van der Waals surface area contributed by atoms with Crippen molar-refractivity contribution in [2.45, 2.75) is 37.5 Å². The van der Waals surface area contributed by atoms with Crippen LogP contribution in [0.25, 0.3) is 0 Å². The highest BCUT2D eigenvalue weighted by molar-refractivity contribution is 7.99. The molecule has 1 fully saturated rings. The Hall–Kier alpha value is -1.23. The van der Waals surface area contributed by atoms with E-state index in [9.17, 15) is 9.18 Å². The number of phenolic OH excluding ortho intramolecular Hbond substituents is 1. The van der Waals surface area contributed by atoms with Crippen molar-refractivity contribution >= 4 is 17.7 Å². The number of benzene rings is 1. The molecule has 0 saturated heterocycles. The summed E-state index contributed by atoms with van der Waals surface area (Å²) in [6.45, 7) is 2.13. The molecule has 2 atom stereocenters. The second-order valence-electron chi connectivity index (χ2n) is 4.72. The van der Waals surface area contributed by atoms with Crippen molar-refractivity contribution in [1.82, 2.24) is 5.32 Å². The summed E-state index contributed by atoms with van der Waals surface area (Å²) in [7, 11) is 0. The lowest BCUT2D eigenvalue weighted by Crippen LogP contribution is -2.33. The Morgan fingerprint density at radius 1 is 1.53 bits per heavy atom. The summed E-state index contributed by atoms with van der Waals surface area (Å²) in [5, 5.41) is 12.6. The third-order valence-corrected chi connectivity index (χ3v) is 4.55. The zero-order chi connectivity index (χ0) is 13.8. The maximum atomic E-state index is 13.5. The van der Waals surface area contributed by atoms with Gasteiger partial charge in [-0.2, -0.15) is 11.8 Å². The molecular weight excluding hydrogens is 265 g/mol. The summed E-state index contributed by atoms with van der Waals surface area (Å²) in [4.78, 5) is 12.0. The second kappa shape index (κ2) is 6.28. The zero-order valence-electron chi connectivity index (χ0n) is 10.9. The standard InChI is InChI=1S/C14H18FNO2S/c1-2-19-11-5-3-9(7-11)16-14(18)12-6-4-10(17)8-13(12)15/h4,6,8-9,11,17H,2-3,5,7H2,1H3,(H,16,18)/t9-,11-/m1/s1. The van der Waals surface area contributed by atoms with Crippen LogP contribution < -0.4 is 5.32 Å². The van der Waals surface area contributed by atoms with Crippen molar-refractivity contribution in [3.8, 4) is 5.75 Å². The van der Waals surface area contributed by atoms with E-state index >= 15 is 0 Å². The molecule has 0 heterocycles. The quantitative estimate of drug-likeness (QED) is 0.893. The van der Waals surface area contributed by atoms with Gasteiger partial charge in [-0.25, -0.2) is 4.39 Å². The van der Waals surface area contributed by atoms with Gasteiger partial charge in [0, 0.05) is 17.4 Å². The first-order chi connectivity index (χ1) is 9.10. The molecule has 1 aromatic carbocycles. The number of carbonyl (C=O) groups excluding carboxylic acids is 1. The molecule has 0 unspecified atom stereocenters. The summed E-state index contributed by atoms with van der Waals surface area (Å²) in [6, 6.07) is 3.72. The number of nitrogens with one attached hydrogen (secondary N) is 1. The summed E-state index contributed by atoms with van der Waals surface area (Å²) in [6.07, 6.45) is 2.99. The van der Waals surface area contributed by atoms with Gasteiger partial charge in [0.1, 0.15) is 11.6 Å². The molecule has 1 aliphatic rings. The summed E-state index contributed by atoms with van der Waals surface area (Å²) >= 11 is 1.91. The number of hydrogen-bond donors (Lipinski definition) is 2. The lowest BCUT2D eigenvalue weighted by molar-refractivity contribution is 0.0934. The van der Waals surface area contributed by atoms with E-state index in [4.69, 9.17) is 5.11 Å². The first kappa shape index (κ1) is 14.2. The van der Waals surface area contributed by atoms with Gasteiger partial charge < -0.3 is 10.4 Å². The van der Waals surface area contributed by atoms with Gasteiger partial charge >= 0.3 is 0 Å². The zero-order valence-corrected chi connectivity index (χ0v) is 11.7. The smallest absolute Gasteiger partial charge is 0.254 e. The number of amides is 1. The van der Waals surface area contributed by atoms with Crippen LogP contribution in [0.5, 0.6) is 5.75 Å². The van der Waals surface area contributed by atoms with E-state index in [-0.39, 0.29) is 17.4 Å². The molecule has 2 N–H and O–H groups in total. The van der Waals surface area contributed by atoms with Crippen LogP contribution in [0.1, 0.15) is 36.5 Å². The number of phenols is 1. The molecule has 3 nitrogen and oxygen atoms in total. The van der Waals surface area contributed by atoms with Gasteiger partial charge in [0.2, 0.25) is 0 Å². The van der Waals surface area contributed by atoms with E-state index in [1.165, 1.54) is 12.1 Å². The molecule has 1 amide bonds. The summed E-state index contributed by atoms with van der Waals surface area (Å²) in [5.41, 5.74) is -0.00982. The van der Waals surface area contributed by atoms with Gasteiger partial charge in [-0.05, 0) is 37.1 Å². The van der Waals surface area contributed by atoms with Crippen molar-refractivity contribution in [2.24, 2.45) is 0 Å². The summed E-state index contributed by atoms with van der Waals surface area (Å²) < 4.78 is 13.5. The molecule has 0 aromatic heterocycles. The molecule has 19 heavy (non-hydrogen) atoms. The number of aromatic hydroxyl groups is 1. The van der Waals surface area contributed by atoms with Crippen molar-refractivity contribution in [1.29, 1.82) is 0 Å². The SMILES string of the molecule is CCS[C@@H]1CC[C@@H](NC(=O)c2ccc(O)cc2F)C1. The molecule has 0 radical (unpaired) electrons. The third kappa shape index (κ3) is 3.62. The van der Waals surface area contributed by atoms with Crippen LogP contribution in [-0.4, -0.2) is 28.1 Å². The number of halogens is 1. The maximum Gasteiger partial charge on any atom is 0.254 e. The summed E-state index contributed by atoms with van der Waals surface area (Å²) in [5.74, 6) is -0.174. The average Bonchev–Trinajstić information content (AvgIpc) is 2.76. The predicted molar refractivity (Wildman–Crippen MR) is 75.1 cm³/mol. The van der Waals surface area contributed by atoms with E-state index in [0.717, 1.165) is 31.1 Å². The number of rotatable bonds is 4. The first-order valence-corrected chi connectivity index (χ1v) is 7.56. The lowest BCUT2D eigenvalue weighted by Gasteiger charge is -2.13. The van der Waals surface area contributed by atoms with Gasteiger partial charge in [0.15, 0.2) is 0 Å². The topological polar surface area (TPSA) is 49.3 Å². The van der Waals surface area contributed by atoms with E-state index in [0.29, 0.717) is 5.25 Å². The Morgan fingerprint density at radius 2 is 2.32 bits per heavy atom. The molecule has 0 spiro atoms. The van der Waals surface area contributed by atoms with Gasteiger partial charge in [-0.3, -0.25) is 4.79 Å². The molecular formula is C14H18FNO2S. The minimum atomic E-state index is -0.685. The molecule has 1 aliphatic carbocycles. The fourth-order valence-electron chi connectivity index (χ4n) is 2.41. The highest BCUT2D eigenvalue weighted by atomic mass is 32.2. The van der Waals surface area contributed by atoms with Crippen molar-refractivity contribution < 1.29 is 14.3 Å². The van der Waals surface area contributed by atoms with Crippen LogP contribution in [0.3, 0.4) is 0 Å². The van der Waals surface area contributed by atoms with E-state index in [2.05, 4.69) is 12.2 Å². The van der Waals surface area contributed by atoms with Crippen LogP contribution in [0.15, 0.2) is 18.2 Å². The van der Waals surface area contributed by atoms with Gasteiger partial charge in [0.25, 0.3) is 5.91 Å². The second-order valence-corrected chi connectivity index (χ2v) is 6.30. The minimum absolute atomic E-state index is 0.00982. The van der Waals surface area contributed by atoms with Crippen LogP contribution in [0.4, 0.5) is 4.39 Å². The van der Waals surface area contributed by atoms with Crippen molar-refractivity contribution in [2.75, 3.05) is 5.75 Å². The molecule has 0 bridgehead atoms. The fourth-order valence-corrected chi connectivity index (χ4v) is 3.55. The Bertz CT molecular complexity index is 467. The van der Waals surface area contributed by atoms with Gasteiger partial charge in [-0.1, -0.05) is 6.92 Å². The normalized spacial score (nSPS) is 22.4. The molecule has 5 heteroatoms. The molecule has 1 saturated carbocycles. The van der Waals surface area contributed by atoms with Crippen LogP contribution in [0.2, 0.25) is 0 Å². The van der Waals surface area contributed by atoms with Crippen molar-refractivity contribution in [3.63, 3.8) is 0 Å². The average molecular weight is 283 g/mol. The van der Waals surface area contributed by atoms with Crippen LogP contribution in [-0.2, 0) is 0 Å². The molecule has 2 rings (SSSR count). The Labute approximate surface area is 116 Å². The van der Waals surface area contributed by atoms with Crippen LogP contribution >= 0.6 is 11.8 Å². The van der Waals surface area contributed by atoms with E-state index in [1.807, 2.05) is 11.8 Å². The highest BCUT2D eigenvalue weighted by Gasteiger charge is 2.26. The van der Waals surface area contributed by atoms with Gasteiger partial charge in [-0.15, -0.1) is 0 Å². The van der Waals surface area contributed by atoms with E-state index in [1.54, 1.807) is 0 Å². The number of carbonyl (C=O) groups is 1. The largest absolute Gasteiger partial charge is 0.508 e. The van der Waals surface area contributed by atoms with Crippen LogP contribution in [0, 0.1) is 5.82 Å². The molecule has 0 aliphatic heterocycles. The third-order valence-electron chi connectivity index (χ3n) is 3.32. The fraction of sp³-hybridized carbons (Fsp3) is 0.500. The Balaban J connectivity index is 1.94. The number of hydrogen-bond acceptors (Lipinski definition) is 3. The Morgan fingerprint density at radius 3 is 3.00 bits per heavy atom. The first-order valence-electron chi connectivity index (χ1n) is 6.51. The monoisotopic (exact) mass is 283 g/mol. The highest BCUT2D eigenvalue weighted by Crippen LogP contribution is 2.30. The Kier molecular flexibility index (Phi) is 4.69. The molecule has 1 aromatic rings. The lowest BCUT2D eigenvalue weighted by atomic mass is 10.1. The number of thioether (sulfide) groups is 1. The molecule has 104 valence electrons. The van der Waals surface area contributed by atoms with E-state index < -0.39 is 11.7 Å². The predicted octanol–water partition coefficient (Wildman–Crippen LogP) is 2.94.